The number of carbonyl (C=O) groups is 2. The molecule has 1 rings (SSSR count). The van der Waals surface area contributed by atoms with E-state index in [2.05, 4.69) is 17.6 Å². The lowest BCUT2D eigenvalue weighted by molar-refractivity contribution is -0.136. The normalized spacial score (nSPS) is 12.0. The van der Waals surface area contributed by atoms with Crippen LogP contribution < -0.4 is 10.6 Å². The highest BCUT2D eigenvalue weighted by Crippen LogP contribution is 2.16. The van der Waals surface area contributed by atoms with Crippen molar-refractivity contribution in [2.45, 2.75) is 46.1 Å². The number of nitrogens with one attached hydrogen (secondary N) is 2. The van der Waals surface area contributed by atoms with Crippen molar-refractivity contribution in [2.75, 3.05) is 11.9 Å². The van der Waals surface area contributed by atoms with Crippen LogP contribution in [0.1, 0.15) is 39.2 Å². The zero-order valence-electron chi connectivity index (χ0n) is 13.6. The molecule has 1 aromatic rings. The second-order valence-corrected chi connectivity index (χ2v) is 5.70. The van der Waals surface area contributed by atoms with Gasteiger partial charge in [0.05, 0.1) is 0 Å². The molecule has 5 nitrogen and oxygen atoms in total. The highest BCUT2D eigenvalue weighted by molar-refractivity contribution is 6.39. The van der Waals surface area contributed by atoms with E-state index in [1.54, 1.807) is 6.07 Å². The van der Waals surface area contributed by atoms with E-state index in [1.165, 1.54) is 0 Å². The van der Waals surface area contributed by atoms with Gasteiger partial charge < -0.3 is 15.7 Å². The SMILES string of the molecule is CCCc1ccccc1NC(=O)C(=O)NC(CCO)C(C)C. The zero-order valence-corrected chi connectivity index (χ0v) is 13.6. The molecule has 0 fully saturated rings. The number of hydrogen-bond acceptors (Lipinski definition) is 3. The topological polar surface area (TPSA) is 78.4 Å². The molecule has 0 saturated heterocycles. The molecular formula is C17H26N2O3. The van der Waals surface area contributed by atoms with Crippen molar-refractivity contribution in [3.63, 3.8) is 0 Å². The van der Waals surface area contributed by atoms with Gasteiger partial charge in [-0.15, -0.1) is 0 Å². The van der Waals surface area contributed by atoms with Crippen LogP contribution in [0.5, 0.6) is 0 Å². The van der Waals surface area contributed by atoms with Crippen LogP contribution in [0.3, 0.4) is 0 Å². The van der Waals surface area contributed by atoms with Gasteiger partial charge in [0, 0.05) is 18.3 Å². The maximum Gasteiger partial charge on any atom is 0.313 e. The van der Waals surface area contributed by atoms with Crippen LogP contribution in [-0.4, -0.2) is 29.6 Å². The Kier molecular flexibility index (Phi) is 7.60. The first-order chi connectivity index (χ1) is 10.5. The van der Waals surface area contributed by atoms with Gasteiger partial charge in [-0.1, -0.05) is 45.4 Å². The van der Waals surface area contributed by atoms with Gasteiger partial charge in [0.1, 0.15) is 0 Å². The molecule has 1 aromatic carbocycles. The summed E-state index contributed by atoms with van der Waals surface area (Å²) in [6, 6.07) is 7.27. The number of amides is 2. The van der Waals surface area contributed by atoms with Gasteiger partial charge in [-0.3, -0.25) is 9.59 Å². The lowest BCUT2D eigenvalue weighted by Gasteiger charge is -2.21. The van der Waals surface area contributed by atoms with Crippen molar-refractivity contribution in [2.24, 2.45) is 5.92 Å². The number of aryl methyl sites for hydroxylation is 1. The van der Waals surface area contributed by atoms with Crippen molar-refractivity contribution in [1.82, 2.24) is 5.32 Å². The summed E-state index contributed by atoms with van der Waals surface area (Å²) in [7, 11) is 0. The summed E-state index contributed by atoms with van der Waals surface area (Å²) in [5.41, 5.74) is 1.69. The first kappa shape index (κ1) is 18.2. The van der Waals surface area contributed by atoms with Gasteiger partial charge >= 0.3 is 11.8 Å². The van der Waals surface area contributed by atoms with Gasteiger partial charge in [0.25, 0.3) is 0 Å². The van der Waals surface area contributed by atoms with Crippen molar-refractivity contribution in [3.05, 3.63) is 29.8 Å². The Morgan fingerprint density at radius 1 is 1.18 bits per heavy atom. The van der Waals surface area contributed by atoms with Crippen LogP contribution in [0.25, 0.3) is 0 Å². The van der Waals surface area contributed by atoms with Crippen molar-refractivity contribution in [3.8, 4) is 0 Å². The smallest absolute Gasteiger partial charge is 0.313 e. The lowest BCUT2D eigenvalue weighted by atomic mass is 10.0. The minimum atomic E-state index is -0.674. The average Bonchev–Trinajstić information content (AvgIpc) is 2.48. The van der Waals surface area contributed by atoms with E-state index >= 15 is 0 Å². The minimum absolute atomic E-state index is 0.0237. The molecule has 0 bridgehead atoms. The molecule has 0 aromatic heterocycles. The molecule has 0 saturated carbocycles. The summed E-state index contributed by atoms with van der Waals surface area (Å²) in [6.07, 6.45) is 2.24. The molecule has 1 atom stereocenters. The number of carbonyl (C=O) groups excluding carboxylic acids is 2. The average molecular weight is 306 g/mol. The Hall–Kier alpha value is -1.88. The molecule has 0 aliphatic rings. The first-order valence-electron chi connectivity index (χ1n) is 7.80. The molecule has 0 heterocycles. The molecule has 22 heavy (non-hydrogen) atoms. The van der Waals surface area contributed by atoms with Crippen LogP contribution in [0.15, 0.2) is 24.3 Å². The number of para-hydroxylation sites is 1. The summed E-state index contributed by atoms with van der Waals surface area (Å²) in [5, 5.41) is 14.4. The molecule has 122 valence electrons. The molecule has 1 unspecified atom stereocenters. The molecule has 5 heteroatoms. The van der Waals surface area contributed by atoms with Crippen molar-refractivity contribution >= 4 is 17.5 Å². The highest BCUT2D eigenvalue weighted by Gasteiger charge is 2.21. The first-order valence-corrected chi connectivity index (χ1v) is 7.80. The number of hydrogen-bond donors (Lipinski definition) is 3. The van der Waals surface area contributed by atoms with Crippen LogP contribution in [0.2, 0.25) is 0 Å². The summed E-state index contributed by atoms with van der Waals surface area (Å²) < 4.78 is 0. The van der Waals surface area contributed by atoms with E-state index in [0.717, 1.165) is 18.4 Å². The van der Waals surface area contributed by atoms with E-state index in [0.29, 0.717) is 12.1 Å². The molecule has 0 aliphatic heterocycles. The number of rotatable bonds is 7. The Balaban J connectivity index is 2.70. The third kappa shape index (κ3) is 5.48. The fourth-order valence-electron chi connectivity index (χ4n) is 2.25. The molecule has 2 amide bonds. The standard InChI is InChI=1S/C17H26N2O3/c1-4-7-13-8-5-6-9-15(13)19-17(22)16(21)18-14(10-11-20)12(2)3/h5-6,8-9,12,14,20H,4,7,10-11H2,1-3H3,(H,18,21)(H,19,22). The predicted octanol–water partition coefficient (Wildman–Crippen LogP) is 2.10. The van der Waals surface area contributed by atoms with Gasteiger partial charge in [-0.25, -0.2) is 0 Å². The number of aliphatic hydroxyl groups is 1. The van der Waals surface area contributed by atoms with Gasteiger partial charge in [-0.05, 0) is 30.4 Å². The van der Waals surface area contributed by atoms with Crippen LogP contribution >= 0.6 is 0 Å². The van der Waals surface area contributed by atoms with E-state index < -0.39 is 11.8 Å². The summed E-state index contributed by atoms with van der Waals surface area (Å²) in [6.45, 7) is 5.92. The largest absolute Gasteiger partial charge is 0.396 e. The van der Waals surface area contributed by atoms with E-state index in [4.69, 9.17) is 5.11 Å². The zero-order chi connectivity index (χ0) is 16.5. The predicted molar refractivity (Wildman–Crippen MR) is 87.5 cm³/mol. The fourth-order valence-corrected chi connectivity index (χ4v) is 2.25. The maximum absolute atomic E-state index is 12.0. The fraction of sp³-hybridized carbons (Fsp3) is 0.529. The number of benzene rings is 1. The Bertz CT molecular complexity index is 500. The monoisotopic (exact) mass is 306 g/mol. The van der Waals surface area contributed by atoms with E-state index in [1.807, 2.05) is 32.0 Å². The third-order valence-electron chi connectivity index (χ3n) is 3.55. The molecular weight excluding hydrogens is 280 g/mol. The number of anilines is 1. The summed E-state index contributed by atoms with van der Waals surface area (Å²) in [5.74, 6) is -1.19. The van der Waals surface area contributed by atoms with Crippen molar-refractivity contribution in [1.29, 1.82) is 0 Å². The van der Waals surface area contributed by atoms with Crippen LogP contribution in [0.4, 0.5) is 5.69 Å². The Morgan fingerprint density at radius 2 is 1.86 bits per heavy atom. The lowest BCUT2D eigenvalue weighted by Crippen LogP contribution is -2.44. The van der Waals surface area contributed by atoms with E-state index in [9.17, 15) is 9.59 Å². The molecule has 0 spiro atoms. The quantitative estimate of drug-likeness (QED) is 0.675. The summed E-state index contributed by atoms with van der Waals surface area (Å²) >= 11 is 0. The van der Waals surface area contributed by atoms with Gasteiger partial charge in [0.2, 0.25) is 0 Å². The molecule has 3 N–H and O–H groups in total. The molecule has 0 radical (unpaired) electrons. The van der Waals surface area contributed by atoms with Crippen LogP contribution in [0, 0.1) is 5.92 Å². The molecule has 0 aliphatic carbocycles. The van der Waals surface area contributed by atoms with Gasteiger partial charge in [-0.2, -0.15) is 0 Å². The second kappa shape index (κ2) is 9.20. The van der Waals surface area contributed by atoms with Crippen LogP contribution in [-0.2, 0) is 16.0 Å². The maximum atomic E-state index is 12.0. The summed E-state index contributed by atoms with van der Waals surface area (Å²) in [4.78, 5) is 24.0. The van der Waals surface area contributed by atoms with E-state index in [-0.39, 0.29) is 18.6 Å². The second-order valence-electron chi connectivity index (χ2n) is 5.70. The number of aliphatic hydroxyl groups excluding tert-OH is 1. The van der Waals surface area contributed by atoms with Gasteiger partial charge in [0.15, 0.2) is 0 Å². The third-order valence-corrected chi connectivity index (χ3v) is 3.55. The highest BCUT2D eigenvalue weighted by atomic mass is 16.3. The Labute approximate surface area is 132 Å². The van der Waals surface area contributed by atoms with Crippen molar-refractivity contribution < 1.29 is 14.7 Å². The Morgan fingerprint density at radius 3 is 2.45 bits per heavy atom. The minimum Gasteiger partial charge on any atom is -0.396 e.